The van der Waals surface area contributed by atoms with Gasteiger partial charge in [0.25, 0.3) is 0 Å². The lowest BCUT2D eigenvalue weighted by atomic mass is 9.77. The number of carbonyl (C=O) groups is 2. The molecule has 0 saturated heterocycles. The number of methoxy groups -OCH3 is 1. The molecular formula is C43H52N2O5. The van der Waals surface area contributed by atoms with Crippen molar-refractivity contribution in [3.63, 3.8) is 0 Å². The number of carbonyl (C=O) groups excluding carboxylic acids is 2. The number of benzene rings is 2. The number of Topliss-reactive ketones (excluding diaryl/α,β-unsaturated/α-hetero) is 2. The number of nitrogen functional groups attached to an aromatic ring is 1. The summed E-state index contributed by atoms with van der Waals surface area (Å²) in [6.07, 6.45) is 13.4. The second-order valence-electron chi connectivity index (χ2n) is 15.0. The molecule has 2 aromatic carbocycles. The van der Waals surface area contributed by atoms with Crippen molar-refractivity contribution in [2.24, 2.45) is 29.6 Å². The number of aromatic hydroxyl groups is 1. The van der Waals surface area contributed by atoms with Crippen molar-refractivity contribution >= 4 is 17.4 Å². The average Bonchev–Trinajstić information content (AvgIpc) is 3.29. The molecule has 0 bridgehead atoms. The Morgan fingerprint density at radius 2 is 1.68 bits per heavy atom. The summed E-state index contributed by atoms with van der Waals surface area (Å²) >= 11 is 0. The van der Waals surface area contributed by atoms with Gasteiger partial charge in [-0.3, -0.25) is 9.59 Å². The number of aromatic nitrogens is 1. The summed E-state index contributed by atoms with van der Waals surface area (Å²) in [4.78, 5) is 32.0. The van der Waals surface area contributed by atoms with E-state index in [-0.39, 0.29) is 42.1 Å². The van der Waals surface area contributed by atoms with E-state index >= 15 is 0 Å². The molecule has 6 atom stereocenters. The van der Waals surface area contributed by atoms with E-state index in [0.29, 0.717) is 24.4 Å². The molecular weight excluding hydrogens is 624 g/mol. The zero-order valence-corrected chi connectivity index (χ0v) is 29.4. The van der Waals surface area contributed by atoms with Crippen LogP contribution in [0.2, 0.25) is 0 Å². The predicted molar refractivity (Wildman–Crippen MR) is 196 cm³/mol. The molecule has 3 aromatic rings. The highest BCUT2D eigenvalue weighted by molar-refractivity contribution is 6.06. The second-order valence-corrected chi connectivity index (χ2v) is 15.0. The van der Waals surface area contributed by atoms with Crippen molar-refractivity contribution in [1.29, 1.82) is 0 Å². The Kier molecular flexibility index (Phi) is 11.9. The molecule has 0 amide bonds. The highest BCUT2D eigenvalue weighted by atomic mass is 16.5. The summed E-state index contributed by atoms with van der Waals surface area (Å²) in [6, 6.07) is 17.4. The minimum Gasteiger partial charge on any atom is -0.504 e. The third kappa shape index (κ3) is 8.76. The van der Waals surface area contributed by atoms with Crippen molar-refractivity contribution in [3.8, 4) is 23.3 Å². The van der Waals surface area contributed by atoms with Crippen LogP contribution in [-0.4, -0.2) is 40.0 Å². The first-order valence-corrected chi connectivity index (χ1v) is 18.7. The lowest BCUT2D eigenvalue weighted by Crippen LogP contribution is -2.38. The third-order valence-corrected chi connectivity index (χ3v) is 11.5. The molecule has 6 rings (SSSR count). The molecule has 7 nitrogen and oxygen atoms in total. The van der Waals surface area contributed by atoms with Gasteiger partial charge in [0.15, 0.2) is 29.2 Å². The van der Waals surface area contributed by atoms with E-state index in [9.17, 15) is 19.8 Å². The van der Waals surface area contributed by atoms with E-state index in [2.05, 4.69) is 16.8 Å². The minimum absolute atomic E-state index is 0.00251. The van der Waals surface area contributed by atoms with Gasteiger partial charge in [0.1, 0.15) is 5.82 Å². The van der Waals surface area contributed by atoms with Gasteiger partial charge >= 0.3 is 0 Å². The predicted octanol–water partition coefficient (Wildman–Crippen LogP) is 7.60. The van der Waals surface area contributed by atoms with Gasteiger partial charge in [-0.2, -0.15) is 0 Å². The summed E-state index contributed by atoms with van der Waals surface area (Å²) in [5.41, 5.74) is 9.76. The van der Waals surface area contributed by atoms with Gasteiger partial charge in [-0.25, -0.2) is 4.98 Å². The van der Waals surface area contributed by atoms with Crippen LogP contribution in [0.25, 0.3) is 0 Å². The summed E-state index contributed by atoms with van der Waals surface area (Å²) < 4.78 is 5.43. The van der Waals surface area contributed by atoms with Crippen LogP contribution in [0.15, 0.2) is 60.8 Å². The maximum atomic E-state index is 14.3. The van der Waals surface area contributed by atoms with E-state index < -0.39 is 23.7 Å². The molecule has 1 heterocycles. The van der Waals surface area contributed by atoms with Gasteiger partial charge in [-0.1, -0.05) is 93.5 Å². The standard InChI is InChI=1S/C43H52N2O5/c1-50-40-26-34-16-18-38(46)43(49)42(48)37-24-29(12-8-11-28-9-4-2-5-10-28)21-31(22-30-19-20-45-41(44)25-30)23-33(37)15-17-35(36(34)27-39(40)47)32-13-6-3-7-14-32/h3,6-7,13-14,19-20,25-29,31,33,35,37,43,47,49H,2,4-5,8-12,16,18,21-24H2,1H3,(H2,44,45)/t29-,31+,33-,35-,37+,43+/m1/s1. The van der Waals surface area contributed by atoms with E-state index in [1.807, 2.05) is 42.5 Å². The molecule has 0 aliphatic heterocycles. The van der Waals surface area contributed by atoms with Gasteiger partial charge in [-0.15, -0.1) is 0 Å². The molecule has 0 unspecified atom stereocenters. The molecule has 3 aliphatic carbocycles. The minimum atomic E-state index is -1.68. The van der Waals surface area contributed by atoms with Crippen LogP contribution in [0.5, 0.6) is 11.5 Å². The van der Waals surface area contributed by atoms with Gasteiger partial charge in [0.05, 0.1) is 13.0 Å². The van der Waals surface area contributed by atoms with Crippen molar-refractivity contribution in [2.75, 3.05) is 12.8 Å². The fraction of sp³-hybridized carbons (Fsp3) is 0.512. The summed E-state index contributed by atoms with van der Waals surface area (Å²) in [7, 11) is 1.49. The van der Waals surface area contributed by atoms with Gasteiger partial charge in [0.2, 0.25) is 0 Å². The molecule has 0 radical (unpaired) electrons. The number of pyridine rings is 1. The quantitative estimate of drug-likeness (QED) is 0.166. The molecule has 0 spiro atoms. The number of aliphatic hydroxyl groups is 1. The number of ketones is 2. The Morgan fingerprint density at radius 1 is 0.900 bits per heavy atom. The molecule has 4 N–H and O–H groups in total. The Morgan fingerprint density at radius 3 is 2.44 bits per heavy atom. The number of hydrogen-bond donors (Lipinski definition) is 3. The van der Waals surface area contributed by atoms with Crippen molar-refractivity contribution in [2.45, 2.75) is 102 Å². The molecule has 50 heavy (non-hydrogen) atoms. The number of nitrogens with zero attached hydrogens (tertiary/aromatic N) is 1. The van der Waals surface area contributed by atoms with Crippen LogP contribution in [-0.2, 0) is 22.4 Å². The van der Waals surface area contributed by atoms with Crippen molar-refractivity contribution < 1.29 is 24.5 Å². The van der Waals surface area contributed by atoms with Crippen LogP contribution in [0.1, 0.15) is 105 Å². The van der Waals surface area contributed by atoms with Crippen LogP contribution in [0.4, 0.5) is 5.82 Å². The Bertz CT molecular complexity index is 1690. The maximum absolute atomic E-state index is 14.3. The lowest BCUT2D eigenvalue weighted by molar-refractivity contribution is -0.142. The maximum Gasteiger partial charge on any atom is 0.173 e. The number of phenols is 1. The molecule has 2 saturated carbocycles. The van der Waals surface area contributed by atoms with E-state index in [4.69, 9.17) is 10.5 Å². The molecule has 7 heteroatoms. The zero-order chi connectivity index (χ0) is 35.0. The zero-order valence-electron chi connectivity index (χ0n) is 29.4. The summed E-state index contributed by atoms with van der Waals surface area (Å²) in [6.45, 7) is 0. The Balaban J connectivity index is 1.40. The van der Waals surface area contributed by atoms with Crippen LogP contribution >= 0.6 is 0 Å². The molecule has 3 aliphatic rings. The number of aliphatic hydroxyl groups excluding tert-OH is 1. The molecule has 2 fully saturated rings. The fourth-order valence-corrected chi connectivity index (χ4v) is 8.92. The van der Waals surface area contributed by atoms with Gasteiger partial charge < -0.3 is 20.7 Å². The third-order valence-electron chi connectivity index (χ3n) is 11.5. The smallest absolute Gasteiger partial charge is 0.173 e. The number of anilines is 1. The first kappa shape index (κ1) is 35.7. The Labute approximate surface area is 297 Å². The molecule has 1 aromatic heterocycles. The number of rotatable bonds is 8. The highest BCUT2D eigenvalue weighted by Gasteiger charge is 2.40. The highest BCUT2D eigenvalue weighted by Crippen LogP contribution is 2.42. The lowest BCUT2D eigenvalue weighted by Gasteiger charge is -2.26. The van der Waals surface area contributed by atoms with E-state index in [1.54, 1.807) is 18.3 Å². The van der Waals surface area contributed by atoms with Gasteiger partial charge in [0, 0.05) is 24.5 Å². The first-order valence-electron chi connectivity index (χ1n) is 18.7. The Hall–Kier alpha value is -4.15. The monoisotopic (exact) mass is 676 g/mol. The average molecular weight is 677 g/mol. The number of nitrogens with two attached hydrogens (primary N) is 1. The molecule has 264 valence electrons. The van der Waals surface area contributed by atoms with E-state index in [0.717, 1.165) is 53.9 Å². The number of hydrogen-bond acceptors (Lipinski definition) is 7. The summed E-state index contributed by atoms with van der Waals surface area (Å²) in [5.74, 6) is 7.15. The second kappa shape index (κ2) is 16.7. The fourth-order valence-electron chi connectivity index (χ4n) is 8.92. The topological polar surface area (TPSA) is 123 Å². The number of fused-ring (bicyclic) bond motifs is 2. The normalized spacial score (nSPS) is 26.3. The first-order chi connectivity index (χ1) is 24.3. The number of ether oxygens (including phenoxy) is 1. The van der Waals surface area contributed by atoms with Crippen molar-refractivity contribution in [1.82, 2.24) is 4.98 Å². The largest absolute Gasteiger partial charge is 0.504 e. The van der Waals surface area contributed by atoms with Gasteiger partial charge in [-0.05, 0) is 96.4 Å². The summed E-state index contributed by atoms with van der Waals surface area (Å²) in [5, 5.41) is 22.2. The number of phenolic OH excluding ortho intramolecular Hbond substituents is 1. The van der Waals surface area contributed by atoms with Crippen LogP contribution in [0.3, 0.4) is 0 Å². The van der Waals surface area contributed by atoms with Crippen LogP contribution < -0.4 is 10.5 Å². The van der Waals surface area contributed by atoms with Crippen LogP contribution in [0, 0.1) is 41.4 Å². The number of aryl methyl sites for hydroxylation is 1. The van der Waals surface area contributed by atoms with E-state index in [1.165, 1.54) is 45.6 Å². The van der Waals surface area contributed by atoms with Crippen molar-refractivity contribution in [3.05, 3.63) is 83.0 Å². The SMILES string of the molecule is COc1cc2c(cc1O)[C@@H](c1ccccc1)C#C[C@@H]1C[C@H](Cc3ccnc(N)c3)C[C@@H](CCCC3CCCCC3)C[C@@H]1C(=O)[C@@H](O)C(=O)CC2.